The summed E-state index contributed by atoms with van der Waals surface area (Å²) in [5.74, 6) is 1.90. The lowest BCUT2D eigenvalue weighted by Crippen LogP contribution is -1.93. The van der Waals surface area contributed by atoms with E-state index in [0.29, 0.717) is 5.88 Å². The van der Waals surface area contributed by atoms with E-state index in [4.69, 9.17) is 21.1 Å². The Morgan fingerprint density at radius 1 is 1.31 bits per heavy atom. The van der Waals surface area contributed by atoms with E-state index in [9.17, 15) is 0 Å². The van der Waals surface area contributed by atoms with E-state index >= 15 is 0 Å². The van der Waals surface area contributed by atoms with Gasteiger partial charge in [-0.15, -0.1) is 11.6 Å². The first-order valence-corrected chi connectivity index (χ1v) is 5.02. The zero-order valence-electron chi connectivity index (χ0n) is 7.43. The minimum absolute atomic E-state index is 0.410. The lowest BCUT2D eigenvalue weighted by atomic mass is 10.2. The average Bonchev–Trinajstić information content (AvgIpc) is 2.16. The van der Waals surface area contributed by atoms with E-state index in [0.717, 1.165) is 21.5 Å². The summed E-state index contributed by atoms with van der Waals surface area (Å²) in [6.07, 6.45) is 0. The molecule has 72 valence electrons. The summed E-state index contributed by atoms with van der Waals surface area (Å²) in [7, 11) is 3.22. The largest absolute Gasteiger partial charge is 0.497 e. The molecule has 0 aliphatic carbocycles. The first kappa shape index (κ1) is 10.7. The van der Waals surface area contributed by atoms with Crippen molar-refractivity contribution < 1.29 is 9.47 Å². The number of hydrogen-bond acceptors (Lipinski definition) is 2. The molecule has 0 radical (unpaired) electrons. The van der Waals surface area contributed by atoms with Crippen LogP contribution in [-0.2, 0) is 5.88 Å². The SMILES string of the molecule is COc1cc(Br)c(CCl)c(OC)c1. The van der Waals surface area contributed by atoms with E-state index < -0.39 is 0 Å². The molecule has 0 spiro atoms. The summed E-state index contributed by atoms with van der Waals surface area (Å²) in [4.78, 5) is 0. The molecule has 0 unspecified atom stereocenters. The van der Waals surface area contributed by atoms with E-state index in [1.165, 1.54) is 0 Å². The lowest BCUT2D eigenvalue weighted by Gasteiger charge is -2.10. The van der Waals surface area contributed by atoms with Crippen molar-refractivity contribution in [2.24, 2.45) is 0 Å². The summed E-state index contributed by atoms with van der Waals surface area (Å²) >= 11 is 9.16. The first-order valence-electron chi connectivity index (χ1n) is 3.69. The number of halogens is 2. The number of alkyl halides is 1. The lowest BCUT2D eigenvalue weighted by molar-refractivity contribution is 0.391. The third-order valence-electron chi connectivity index (χ3n) is 1.72. The molecule has 0 saturated heterocycles. The van der Waals surface area contributed by atoms with Crippen molar-refractivity contribution in [1.82, 2.24) is 0 Å². The van der Waals surface area contributed by atoms with Gasteiger partial charge in [-0.25, -0.2) is 0 Å². The summed E-state index contributed by atoms with van der Waals surface area (Å²) < 4.78 is 11.2. The van der Waals surface area contributed by atoms with Gasteiger partial charge in [-0.3, -0.25) is 0 Å². The molecule has 4 heteroatoms. The van der Waals surface area contributed by atoms with Crippen LogP contribution >= 0.6 is 27.5 Å². The fourth-order valence-electron chi connectivity index (χ4n) is 1.02. The van der Waals surface area contributed by atoms with Crippen LogP contribution in [-0.4, -0.2) is 14.2 Å². The van der Waals surface area contributed by atoms with Gasteiger partial charge in [0.25, 0.3) is 0 Å². The molecule has 1 rings (SSSR count). The average molecular weight is 266 g/mol. The molecule has 0 bridgehead atoms. The molecule has 0 fully saturated rings. The predicted octanol–water partition coefficient (Wildman–Crippen LogP) is 3.21. The molecule has 0 heterocycles. The molecule has 0 aliphatic rings. The van der Waals surface area contributed by atoms with Crippen molar-refractivity contribution >= 4 is 27.5 Å². The second-order valence-electron chi connectivity index (χ2n) is 2.42. The topological polar surface area (TPSA) is 18.5 Å². The maximum Gasteiger partial charge on any atom is 0.128 e. The van der Waals surface area contributed by atoms with Crippen LogP contribution in [0.1, 0.15) is 5.56 Å². The Bertz CT molecular complexity index is 302. The van der Waals surface area contributed by atoms with E-state index in [-0.39, 0.29) is 0 Å². The highest BCUT2D eigenvalue weighted by Gasteiger charge is 2.08. The van der Waals surface area contributed by atoms with Crippen LogP contribution < -0.4 is 9.47 Å². The van der Waals surface area contributed by atoms with Crippen molar-refractivity contribution in [3.05, 3.63) is 22.2 Å². The Hall–Kier alpha value is -0.410. The monoisotopic (exact) mass is 264 g/mol. The van der Waals surface area contributed by atoms with Gasteiger partial charge in [0, 0.05) is 16.1 Å². The van der Waals surface area contributed by atoms with Gasteiger partial charge in [0.2, 0.25) is 0 Å². The highest BCUT2D eigenvalue weighted by Crippen LogP contribution is 2.33. The van der Waals surface area contributed by atoms with Crippen molar-refractivity contribution in [2.75, 3.05) is 14.2 Å². The van der Waals surface area contributed by atoms with Crippen LogP contribution in [0.25, 0.3) is 0 Å². The fourth-order valence-corrected chi connectivity index (χ4v) is 2.02. The highest BCUT2D eigenvalue weighted by molar-refractivity contribution is 9.10. The molecule has 0 N–H and O–H groups in total. The highest BCUT2D eigenvalue weighted by atomic mass is 79.9. The quantitative estimate of drug-likeness (QED) is 0.781. The Morgan fingerprint density at radius 3 is 2.46 bits per heavy atom. The van der Waals surface area contributed by atoms with Crippen molar-refractivity contribution in [2.45, 2.75) is 5.88 Å². The number of benzene rings is 1. The summed E-state index contributed by atoms with van der Waals surface area (Å²) in [5, 5.41) is 0. The van der Waals surface area contributed by atoms with Gasteiger partial charge in [0.05, 0.1) is 20.1 Å². The van der Waals surface area contributed by atoms with Crippen LogP contribution in [0.3, 0.4) is 0 Å². The minimum Gasteiger partial charge on any atom is -0.497 e. The molecule has 13 heavy (non-hydrogen) atoms. The van der Waals surface area contributed by atoms with Crippen LogP contribution in [0.5, 0.6) is 11.5 Å². The Labute approximate surface area is 90.9 Å². The van der Waals surface area contributed by atoms with Gasteiger partial charge < -0.3 is 9.47 Å². The van der Waals surface area contributed by atoms with Crippen molar-refractivity contribution in [3.63, 3.8) is 0 Å². The van der Waals surface area contributed by atoms with Crippen LogP contribution in [0.4, 0.5) is 0 Å². The maximum absolute atomic E-state index is 5.76. The molecular formula is C9H10BrClO2. The van der Waals surface area contributed by atoms with Gasteiger partial charge in [0.15, 0.2) is 0 Å². The number of ether oxygens (including phenoxy) is 2. The number of rotatable bonds is 3. The third-order valence-corrected chi connectivity index (χ3v) is 2.69. The molecule has 2 nitrogen and oxygen atoms in total. The fraction of sp³-hybridized carbons (Fsp3) is 0.333. The van der Waals surface area contributed by atoms with E-state index in [2.05, 4.69) is 15.9 Å². The maximum atomic E-state index is 5.76. The summed E-state index contributed by atoms with van der Waals surface area (Å²) in [6.45, 7) is 0. The van der Waals surface area contributed by atoms with Gasteiger partial charge in [-0.05, 0) is 6.07 Å². The zero-order valence-corrected chi connectivity index (χ0v) is 9.78. The van der Waals surface area contributed by atoms with Crippen molar-refractivity contribution in [1.29, 1.82) is 0 Å². The summed E-state index contributed by atoms with van der Waals surface area (Å²) in [5.41, 5.74) is 0.935. The van der Waals surface area contributed by atoms with Crippen LogP contribution in [0.2, 0.25) is 0 Å². The van der Waals surface area contributed by atoms with E-state index in [1.54, 1.807) is 14.2 Å². The standard InChI is InChI=1S/C9H10BrClO2/c1-12-6-3-8(10)7(5-11)9(4-6)13-2/h3-4H,5H2,1-2H3. The minimum atomic E-state index is 0.410. The summed E-state index contributed by atoms with van der Waals surface area (Å²) in [6, 6.07) is 3.67. The molecule has 0 aromatic heterocycles. The van der Waals surface area contributed by atoms with Gasteiger partial charge >= 0.3 is 0 Å². The molecular weight excluding hydrogens is 255 g/mol. The Kier molecular flexibility index (Phi) is 3.88. The van der Waals surface area contributed by atoms with Crippen LogP contribution in [0, 0.1) is 0 Å². The van der Waals surface area contributed by atoms with Crippen LogP contribution in [0.15, 0.2) is 16.6 Å². The zero-order chi connectivity index (χ0) is 9.84. The first-order chi connectivity index (χ1) is 6.22. The Balaban J connectivity index is 3.20. The second kappa shape index (κ2) is 4.72. The second-order valence-corrected chi connectivity index (χ2v) is 3.55. The Morgan fingerprint density at radius 2 is 2.00 bits per heavy atom. The smallest absolute Gasteiger partial charge is 0.128 e. The number of hydrogen-bond donors (Lipinski definition) is 0. The predicted molar refractivity (Wildman–Crippen MR) is 56.8 cm³/mol. The molecule has 0 saturated carbocycles. The van der Waals surface area contributed by atoms with Gasteiger partial charge in [-0.2, -0.15) is 0 Å². The molecule has 0 aliphatic heterocycles. The third kappa shape index (κ3) is 2.29. The molecule has 0 atom stereocenters. The van der Waals surface area contributed by atoms with Gasteiger partial charge in [0.1, 0.15) is 11.5 Å². The molecule has 0 amide bonds. The molecule has 1 aromatic rings. The normalized spacial score (nSPS) is 9.85. The molecule has 1 aromatic carbocycles. The number of methoxy groups -OCH3 is 2. The van der Waals surface area contributed by atoms with E-state index in [1.807, 2.05) is 12.1 Å². The van der Waals surface area contributed by atoms with Gasteiger partial charge in [-0.1, -0.05) is 15.9 Å². The van der Waals surface area contributed by atoms with Crippen molar-refractivity contribution in [3.8, 4) is 11.5 Å².